The van der Waals surface area contributed by atoms with Crippen LogP contribution in [0.2, 0.25) is 0 Å². The van der Waals surface area contributed by atoms with Gasteiger partial charge in [-0.25, -0.2) is 9.07 Å². The van der Waals surface area contributed by atoms with E-state index in [1.54, 1.807) is 36.0 Å². The van der Waals surface area contributed by atoms with E-state index in [2.05, 4.69) is 11.2 Å². The van der Waals surface area contributed by atoms with Gasteiger partial charge in [-0.05, 0) is 42.8 Å². The van der Waals surface area contributed by atoms with Crippen molar-refractivity contribution in [3.05, 3.63) is 71.7 Å². The Labute approximate surface area is 121 Å². The number of hydrogen-bond acceptors (Lipinski definition) is 2. The monoisotopic (exact) mass is 277 g/mol. The Morgan fingerprint density at radius 1 is 1.14 bits per heavy atom. The topological polar surface area (TPSA) is 41.6 Å². The minimum absolute atomic E-state index is 0.254. The highest BCUT2D eigenvalue weighted by molar-refractivity contribution is 5.61. The lowest BCUT2D eigenvalue weighted by atomic mass is 10.1. The Kier molecular flexibility index (Phi) is 3.25. The summed E-state index contributed by atoms with van der Waals surface area (Å²) < 4.78 is 15.2. The molecule has 1 aromatic heterocycles. The molecule has 21 heavy (non-hydrogen) atoms. The van der Waals surface area contributed by atoms with Crippen molar-refractivity contribution in [2.24, 2.45) is 0 Å². The molecule has 2 aromatic carbocycles. The molecule has 0 saturated carbocycles. The smallest absolute Gasteiger partial charge is 0.128 e. The molecule has 0 aliphatic heterocycles. The van der Waals surface area contributed by atoms with E-state index in [9.17, 15) is 4.39 Å². The standard InChI is InChI=1S/C17H12FN3/c1-12-5-6-15(10-16(12)18)21-8-7-17(20-21)14-4-2-3-13(9-14)11-19/h2-10H,1H3. The van der Waals surface area contributed by atoms with Crippen LogP contribution < -0.4 is 0 Å². The Morgan fingerprint density at radius 3 is 2.76 bits per heavy atom. The lowest BCUT2D eigenvalue weighted by Crippen LogP contribution is -1.96. The SMILES string of the molecule is Cc1ccc(-n2ccc(-c3cccc(C#N)c3)n2)cc1F. The Balaban J connectivity index is 1.99. The highest BCUT2D eigenvalue weighted by Crippen LogP contribution is 2.20. The van der Waals surface area contributed by atoms with Crippen LogP contribution >= 0.6 is 0 Å². The fraction of sp³-hybridized carbons (Fsp3) is 0.0588. The molecule has 1 heterocycles. The van der Waals surface area contributed by atoms with Crippen molar-refractivity contribution >= 4 is 0 Å². The predicted molar refractivity (Wildman–Crippen MR) is 78.4 cm³/mol. The van der Waals surface area contributed by atoms with E-state index >= 15 is 0 Å². The van der Waals surface area contributed by atoms with Gasteiger partial charge in [0.15, 0.2) is 0 Å². The number of benzene rings is 2. The summed E-state index contributed by atoms with van der Waals surface area (Å²) in [5.74, 6) is -0.254. The quantitative estimate of drug-likeness (QED) is 0.713. The zero-order valence-electron chi connectivity index (χ0n) is 11.4. The van der Waals surface area contributed by atoms with Gasteiger partial charge in [0.2, 0.25) is 0 Å². The molecule has 0 aliphatic carbocycles. The second kappa shape index (κ2) is 5.22. The summed E-state index contributed by atoms with van der Waals surface area (Å²) in [5, 5.41) is 13.4. The predicted octanol–water partition coefficient (Wildman–Crippen LogP) is 3.86. The van der Waals surface area contributed by atoms with Crippen LogP contribution in [0.5, 0.6) is 0 Å². The molecule has 3 nitrogen and oxygen atoms in total. The fourth-order valence-electron chi connectivity index (χ4n) is 2.09. The Bertz CT molecular complexity index is 843. The van der Waals surface area contributed by atoms with Crippen LogP contribution in [0.3, 0.4) is 0 Å². The highest BCUT2D eigenvalue weighted by Gasteiger charge is 2.06. The van der Waals surface area contributed by atoms with Gasteiger partial charge in [0.25, 0.3) is 0 Å². The van der Waals surface area contributed by atoms with Crippen LogP contribution in [0.25, 0.3) is 16.9 Å². The molecule has 0 fully saturated rings. The summed E-state index contributed by atoms with van der Waals surface area (Å²) in [4.78, 5) is 0. The van der Waals surface area contributed by atoms with Crippen molar-refractivity contribution in [2.45, 2.75) is 6.92 Å². The molecule has 0 spiro atoms. The maximum Gasteiger partial charge on any atom is 0.128 e. The van der Waals surface area contributed by atoms with E-state index in [4.69, 9.17) is 5.26 Å². The van der Waals surface area contributed by atoms with Gasteiger partial charge in [-0.1, -0.05) is 18.2 Å². The Morgan fingerprint density at radius 2 is 2.00 bits per heavy atom. The van der Waals surface area contributed by atoms with Crippen LogP contribution in [-0.2, 0) is 0 Å². The lowest BCUT2D eigenvalue weighted by molar-refractivity contribution is 0.616. The van der Waals surface area contributed by atoms with Gasteiger partial charge >= 0.3 is 0 Å². The molecular weight excluding hydrogens is 265 g/mol. The molecule has 0 N–H and O–H groups in total. The largest absolute Gasteiger partial charge is 0.240 e. The summed E-state index contributed by atoms with van der Waals surface area (Å²) in [6.45, 7) is 1.72. The van der Waals surface area contributed by atoms with Gasteiger partial charge < -0.3 is 0 Å². The van der Waals surface area contributed by atoms with E-state index < -0.39 is 0 Å². The number of nitrogens with zero attached hydrogens (tertiary/aromatic N) is 3. The molecule has 0 radical (unpaired) electrons. The number of aromatic nitrogens is 2. The first-order valence-corrected chi connectivity index (χ1v) is 6.50. The van der Waals surface area contributed by atoms with Crippen LogP contribution in [-0.4, -0.2) is 9.78 Å². The first-order valence-electron chi connectivity index (χ1n) is 6.50. The average molecular weight is 277 g/mol. The van der Waals surface area contributed by atoms with Crippen molar-refractivity contribution in [1.29, 1.82) is 5.26 Å². The van der Waals surface area contributed by atoms with Crippen LogP contribution in [0.4, 0.5) is 4.39 Å². The van der Waals surface area contributed by atoms with Gasteiger partial charge in [-0.2, -0.15) is 10.4 Å². The van der Waals surface area contributed by atoms with Crippen LogP contribution in [0.15, 0.2) is 54.7 Å². The summed E-state index contributed by atoms with van der Waals surface area (Å²) >= 11 is 0. The van der Waals surface area contributed by atoms with E-state index in [1.165, 1.54) is 6.07 Å². The van der Waals surface area contributed by atoms with Gasteiger partial charge in [0.05, 0.1) is 23.0 Å². The van der Waals surface area contributed by atoms with Gasteiger partial charge in [0.1, 0.15) is 5.82 Å². The molecule has 0 aliphatic rings. The number of aryl methyl sites for hydroxylation is 1. The summed E-state index contributed by atoms with van der Waals surface area (Å²) in [6.07, 6.45) is 1.78. The summed E-state index contributed by atoms with van der Waals surface area (Å²) in [6, 6.07) is 16.2. The highest BCUT2D eigenvalue weighted by atomic mass is 19.1. The average Bonchev–Trinajstić information content (AvgIpc) is 3.00. The van der Waals surface area contributed by atoms with E-state index in [0.29, 0.717) is 16.8 Å². The molecule has 0 bridgehead atoms. The number of rotatable bonds is 2. The van der Waals surface area contributed by atoms with Crippen LogP contribution in [0.1, 0.15) is 11.1 Å². The van der Waals surface area contributed by atoms with Crippen molar-refractivity contribution in [1.82, 2.24) is 9.78 Å². The molecule has 102 valence electrons. The fourth-order valence-corrected chi connectivity index (χ4v) is 2.09. The minimum Gasteiger partial charge on any atom is -0.240 e. The minimum atomic E-state index is -0.254. The van der Waals surface area contributed by atoms with Gasteiger partial charge in [-0.3, -0.25) is 0 Å². The van der Waals surface area contributed by atoms with E-state index in [-0.39, 0.29) is 5.82 Å². The molecule has 3 aromatic rings. The molecule has 0 amide bonds. The third-order valence-corrected chi connectivity index (χ3v) is 3.30. The molecule has 3 rings (SSSR count). The zero-order chi connectivity index (χ0) is 14.8. The third-order valence-electron chi connectivity index (χ3n) is 3.30. The lowest BCUT2D eigenvalue weighted by Gasteiger charge is -2.03. The van der Waals surface area contributed by atoms with Crippen molar-refractivity contribution in [2.75, 3.05) is 0 Å². The van der Waals surface area contributed by atoms with Crippen molar-refractivity contribution in [3.8, 4) is 23.0 Å². The first kappa shape index (κ1) is 13.1. The number of hydrogen-bond donors (Lipinski definition) is 0. The van der Waals surface area contributed by atoms with E-state index in [1.807, 2.05) is 24.3 Å². The summed E-state index contributed by atoms with van der Waals surface area (Å²) in [7, 11) is 0. The second-order valence-corrected chi connectivity index (χ2v) is 4.77. The normalized spacial score (nSPS) is 10.3. The maximum absolute atomic E-state index is 13.6. The van der Waals surface area contributed by atoms with Crippen molar-refractivity contribution in [3.63, 3.8) is 0 Å². The van der Waals surface area contributed by atoms with Gasteiger partial charge in [-0.15, -0.1) is 0 Å². The van der Waals surface area contributed by atoms with E-state index in [0.717, 1.165) is 11.3 Å². The second-order valence-electron chi connectivity index (χ2n) is 4.77. The maximum atomic E-state index is 13.6. The molecule has 0 unspecified atom stereocenters. The first-order chi connectivity index (χ1) is 10.2. The van der Waals surface area contributed by atoms with Gasteiger partial charge in [0, 0.05) is 11.8 Å². The molecule has 0 atom stereocenters. The van der Waals surface area contributed by atoms with Crippen molar-refractivity contribution < 1.29 is 4.39 Å². The van der Waals surface area contributed by atoms with Crippen LogP contribution in [0, 0.1) is 24.1 Å². The molecular formula is C17H12FN3. The zero-order valence-corrected chi connectivity index (χ0v) is 11.4. The summed E-state index contributed by atoms with van der Waals surface area (Å²) in [5.41, 5.74) is 3.46. The molecule has 4 heteroatoms. The number of nitriles is 1. The Hall–Kier alpha value is -2.93. The number of halogens is 1. The third kappa shape index (κ3) is 2.54. The molecule has 0 saturated heterocycles.